The van der Waals surface area contributed by atoms with Crippen LogP contribution in [-0.2, 0) is 4.74 Å². The molecule has 1 aromatic rings. The van der Waals surface area contributed by atoms with E-state index in [-0.39, 0.29) is 0 Å². The second-order valence-corrected chi connectivity index (χ2v) is 3.74. The van der Waals surface area contributed by atoms with Crippen molar-refractivity contribution in [3.05, 3.63) is 35.9 Å². The van der Waals surface area contributed by atoms with Gasteiger partial charge in [-0.2, -0.15) is 0 Å². The molecule has 0 aliphatic carbocycles. The van der Waals surface area contributed by atoms with E-state index in [1.807, 2.05) is 13.8 Å². The predicted octanol–water partition coefficient (Wildman–Crippen LogP) is 4.20. The quantitative estimate of drug-likeness (QED) is 0.704. The topological polar surface area (TPSA) is 9.23 Å². The van der Waals surface area contributed by atoms with E-state index in [4.69, 9.17) is 4.74 Å². The van der Waals surface area contributed by atoms with Gasteiger partial charge in [-0.25, -0.2) is 0 Å². The lowest BCUT2D eigenvalue weighted by atomic mass is 9.99. The molecule has 1 nitrogen and oxygen atoms in total. The Bertz CT molecular complexity index is 255. The maximum atomic E-state index is 5.74. The Kier molecular flexibility index (Phi) is 5.41. The zero-order chi connectivity index (χ0) is 11.1. The van der Waals surface area contributed by atoms with Crippen molar-refractivity contribution in [2.45, 2.75) is 39.7 Å². The molecule has 1 aliphatic rings. The minimum atomic E-state index is 0.353. The molecule has 0 aromatic heterocycles. The summed E-state index contributed by atoms with van der Waals surface area (Å²) >= 11 is 0. The van der Waals surface area contributed by atoms with Crippen LogP contribution < -0.4 is 0 Å². The van der Waals surface area contributed by atoms with Crippen LogP contribution in [0.15, 0.2) is 30.3 Å². The molecule has 1 heteroatoms. The average Bonchev–Trinajstić information content (AvgIpc) is 2.81. The van der Waals surface area contributed by atoms with Crippen LogP contribution in [0.1, 0.15) is 45.3 Å². The number of ether oxygens (including phenoxy) is 1. The van der Waals surface area contributed by atoms with Crippen molar-refractivity contribution >= 4 is 0 Å². The smallest absolute Gasteiger partial charge is 0.0828 e. The van der Waals surface area contributed by atoms with Crippen LogP contribution in [0, 0.1) is 5.92 Å². The van der Waals surface area contributed by atoms with Gasteiger partial charge in [0.05, 0.1) is 12.7 Å². The standard InChI is InChI=1S/C12H16O.C2H6/c1-2-10-8-12(13-9-10)11-6-4-3-5-7-11;1-2/h3-7,10,12H,2,8-9H2,1H3;1-2H3. The first-order chi connectivity index (χ1) is 7.40. The third-order valence-electron chi connectivity index (χ3n) is 2.83. The van der Waals surface area contributed by atoms with E-state index in [1.54, 1.807) is 0 Å². The highest BCUT2D eigenvalue weighted by Crippen LogP contribution is 2.33. The summed E-state index contributed by atoms with van der Waals surface area (Å²) in [5.41, 5.74) is 1.33. The van der Waals surface area contributed by atoms with Crippen LogP contribution in [0.4, 0.5) is 0 Å². The fourth-order valence-electron chi connectivity index (χ4n) is 1.88. The Labute approximate surface area is 93.5 Å². The van der Waals surface area contributed by atoms with Crippen molar-refractivity contribution in [2.24, 2.45) is 5.92 Å². The molecule has 0 amide bonds. The summed E-state index contributed by atoms with van der Waals surface area (Å²) in [4.78, 5) is 0. The van der Waals surface area contributed by atoms with Gasteiger partial charge in [-0.3, -0.25) is 0 Å². The molecule has 2 atom stereocenters. The van der Waals surface area contributed by atoms with Crippen LogP contribution in [-0.4, -0.2) is 6.61 Å². The normalized spacial score (nSPS) is 24.5. The molecular formula is C14H22O. The highest BCUT2D eigenvalue weighted by atomic mass is 16.5. The summed E-state index contributed by atoms with van der Waals surface area (Å²) in [5.74, 6) is 0.769. The zero-order valence-corrected chi connectivity index (χ0v) is 10.1. The molecule has 0 N–H and O–H groups in total. The molecule has 0 saturated carbocycles. The third kappa shape index (κ3) is 3.35. The molecule has 1 fully saturated rings. The van der Waals surface area contributed by atoms with E-state index < -0.39 is 0 Å². The minimum absolute atomic E-state index is 0.353. The average molecular weight is 206 g/mol. The van der Waals surface area contributed by atoms with Gasteiger partial charge in [0.2, 0.25) is 0 Å². The summed E-state index contributed by atoms with van der Waals surface area (Å²) in [6.45, 7) is 7.18. The van der Waals surface area contributed by atoms with Crippen molar-refractivity contribution in [1.82, 2.24) is 0 Å². The van der Waals surface area contributed by atoms with Crippen molar-refractivity contribution in [3.8, 4) is 0 Å². The van der Waals surface area contributed by atoms with Gasteiger partial charge < -0.3 is 4.74 Å². The lowest BCUT2D eigenvalue weighted by Gasteiger charge is -2.08. The largest absolute Gasteiger partial charge is 0.373 e. The maximum absolute atomic E-state index is 5.74. The highest BCUT2D eigenvalue weighted by Gasteiger charge is 2.24. The van der Waals surface area contributed by atoms with Crippen molar-refractivity contribution in [2.75, 3.05) is 6.61 Å². The second kappa shape index (κ2) is 6.62. The lowest BCUT2D eigenvalue weighted by Crippen LogP contribution is -1.95. The monoisotopic (exact) mass is 206 g/mol. The molecule has 2 rings (SSSR count). The van der Waals surface area contributed by atoms with E-state index in [1.165, 1.54) is 18.4 Å². The van der Waals surface area contributed by atoms with Gasteiger partial charge >= 0.3 is 0 Å². The number of rotatable bonds is 2. The summed E-state index contributed by atoms with van der Waals surface area (Å²) in [6, 6.07) is 10.5. The van der Waals surface area contributed by atoms with E-state index in [9.17, 15) is 0 Å². The van der Waals surface area contributed by atoms with Crippen molar-refractivity contribution in [3.63, 3.8) is 0 Å². The third-order valence-corrected chi connectivity index (χ3v) is 2.83. The summed E-state index contributed by atoms with van der Waals surface area (Å²) < 4.78 is 5.74. The molecule has 0 spiro atoms. The Balaban J connectivity index is 0.000000531. The first-order valence-corrected chi connectivity index (χ1v) is 6.06. The van der Waals surface area contributed by atoms with Gasteiger partial charge in [-0.1, -0.05) is 57.5 Å². The number of benzene rings is 1. The molecule has 15 heavy (non-hydrogen) atoms. The van der Waals surface area contributed by atoms with Gasteiger partial charge in [-0.05, 0) is 17.9 Å². The Morgan fingerprint density at radius 3 is 2.40 bits per heavy atom. The van der Waals surface area contributed by atoms with E-state index >= 15 is 0 Å². The molecule has 1 saturated heterocycles. The Morgan fingerprint density at radius 2 is 1.87 bits per heavy atom. The molecule has 84 valence electrons. The first kappa shape index (κ1) is 12.3. The summed E-state index contributed by atoms with van der Waals surface area (Å²) in [6.07, 6.45) is 2.79. The minimum Gasteiger partial charge on any atom is -0.373 e. The summed E-state index contributed by atoms with van der Waals surface area (Å²) in [7, 11) is 0. The molecule has 1 aromatic carbocycles. The predicted molar refractivity (Wildman–Crippen MR) is 64.9 cm³/mol. The van der Waals surface area contributed by atoms with E-state index in [2.05, 4.69) is 37.3 Å². The van der Waals surface area contributed by atoms with Crippen LogP contribution in [0.3, 0.4) is 0 Å². The van der Waals surface area contributed by atoms with Gasteiger partial charge in [0.25, 0.3) is 0 Å². The highest BCUT2D eigenvalue weighted by molar-refractivity contribution is 5.18. The van der Waals surface area contributed by atoms with E-state index in [0.29, 0.717) is 6.10 Å². The number of hydrogen-bond acceptors (Lipinski definition) is 1. The Morgan fingerprint density at radius 1 is 1.20 bits per heavy atom. The van der Waals surface area contributed by atoms with Crippen LogP contribution in [0.2, 0.25) is 0 Å². The molecule has 1 heterocycles. The summed E-state index contributed by atoms with van der Waals surface area (Å²) in [5, 5.41) is 0. The molecule has 0 bridgehead atoms. The SMILES string of the molecule is CC.CCC1COC(c2ccccc2)C1. The van der Waals surface area contributed by atoms with Crippen molar-refractivity contribution in [1.29, 1.82) is 0 Å². The van der Waals surface area contributed by atoms with Crippen LogP contribution in [0.25, 0.3) is 0 Å². The van der Waals surface area contributed by atoms with Gasteiger partial charge in [0.1, 0.15) is 0 Å². The fraction of sp³-hybridized carbons (Fsp3) is 0.571. The molecule has 0 radical (unpaired) electrons. The van der Waals surface area contributed by atoms with E-state index in [0.717, 1.165) is 12.5 Å². The molecule has 1 aliphatic heterocycles. The van der Waals surface area contributed by atoms with Crippen LogP contribution >= 0.6 is 0 Å². The lowest BCUT2D eigenvalue weighted by molar-refractivity contribution is 0.107. The zero-order valence-electron chi connectivity index (χ0n) is 10.1. The van der Waals surface area contributed by atoms with Gasteiger partial charge in [0.15, 0.2) is 0 Å². The van der Waals surface area contributed by atoms with Gasteiger partial charge in [-0.15, -0.1) is 0 Å². The van der Waals surface area contributed by atoms with Gasteiger partial charge in [0, 0.05) is 0 Å². The number of hydrogen-bond donors (Lipinski definition) is 0. The maximum Gasteiger partial charge on any atom is 0.0828 e. The molecule has 2 unspecified atom stereocenters. The molecular weight excluding hydrogens is 184 g/mol. The fourth-order valence-corrected chi connectivity index (χ4v) is 1.88. The first-order valence-electron chi connectivity index (χ1n) is 6.06. The Hall–Kier alpha value is -0.820. The van der Waals surface area contributed by atoms with Crippen LogP contribution in [0.5, 0.6) is 0 Å². The second-order valence-electron chi connectivity index (χ2n) is 3.74. The van der Waals surface area contributed by atoms with Crippen molar-refractivity contribution < 1.29 is 4.74 Å².